The number of carbonyl (C=O) groups is 2. The van der Waals surface area contributed by atoms with Gasteiger partial charge in [-0.2, -0.15) is 0 Å². The van der Waals surface area contributed by atoms with Crippen molar-refractivity contribution in [2.45, 2.75) is 26.4 Å². The molecular formula is C24H30F2N4O2. The van der Waals surface area contributed by atoms with Gasteiger partial charge < -0.3 is 20.4 Å². The van der Waals surface area contributed by atoms with Crippen LogP contribution in [0.4, 0.5) is 14.5 Å². The molecule has 0 saturated carbocycles. The van der Waals surface area contributed by atoms with Crippen LogP contribution in [0.5, 0.6) is 0 Å². The number of halogens is 2. The molecule has 3 rings (SSSR count). The molecular weight excluding hydrogens is 414 g/mol. The second-order valence-corrected chi connectivity index (χ2v) is 8.43. The van der Waals surface area contributed by atoms with E-state index in [1.807, 2.05) is 24.3 Å². The zero-order valence-corrected chi connectivity index (χ0v) is 18.7. The monoisotopic (exact) mass is 444 g/mol. The zero-order chi connectivity index (χ0) is 23.3. The van der Waals surface area contributed by atoms with E-state index in [9.17, 15) is 18.4 Å². The largest absolute Gasteiger partial charge is 0.369 e. The highest BCUT2D eigenvalue weighted by molar-refractivity contribution is 5.98. The summed E-state index contributed by atoms with van der Waals surface area (Å²) in [5, 5.41) is 5.36. The first-order valence-electron chi connectivity index (χ1n) is 10.8. The maximum atomic E-state index is 14.0. The minimum absolute atomic E-state index is 0.276. The fourth-order valence-corrected chi connectivity index (χ4v) is 3.77. The molecule has 1 atom stereocenters. The summed E-state index contributed by atoms with van der Waals surface area (Å²) in [5.74, 6) is -3.56. The Morgan fingerprint density at radius 2 is 1.59 bits per heavy atom. The summed E-state index contributed by atoms with van der Waals surface area (Å²) < 4.78 is 27.9. The molecule has 0 spiro atoms. The van der Waals surface area contributed by atoms with Gasteiger partial charge in [-0.15, -0.1) is 0 Å². The molecule has 0 radical (unpaired) electrons. The Morgan fingerprint density at radius 3 is 2.22 bits per heavy atom. The fourth-order valence-electron chi connectivity index (χ4n) is 3.77. The number of carbonyl (C=O) groups excluding carboxylic acids is 2. The molecule has 1 heterocycles. The number of nitrogens with zero attached hydrogens (tertiary/aromatic N) is 2. The van der Waals surface area contributed by atoms with Crippen LogP contribution in [0.1, 0.15) is 29.8 Å². The molecule has 32 heavy (non-hydrogen) atoms. The average Bonchev–Trinajstić information content (AvgIpc) is 2.76. The summed E-state index contributed by atoms with van der Waals surface area (Å²) in [4.78, 5) is 29.9. The number of anilines is 1. The molecule has 2 amide bonds. The van der Waals surface area contributed by atoms with Crippen molar-refractivity contribution in [3.8, 4) is 0 Å². The van der Waals surface area contributed by atoms with E-state index in [2.05, 4.69) is 27.5 Å². The second kappa shape index (κ2) is 10.5. The quantitative estimate of drug-likeness (QED) is 0.690. The number of likely N-dealkylation sites (N-methyl/N-ethyl adjacent to an activating group) is 1. The van der Waals surface area contributed by atoms with Crippen LogP contribution in [0, 0.1) is 17.6 Å². The van der Waals surface area contributed by atoms with Gasteiger partial charge >= 0.3 is 0 Å². The Kier molecular flexibility index (Phi) is 7.80. The minimum Gasteiger partial charge on any atom is -0.369 e. The Hall–Kier alpha value is -3.00. The highest BCUT2D eigenvalue weighted by Gasteiger charge is 2.27. The topological polar surface area (TPSA) is 64.7 Å². The molecule has 1 saturated heterocycles. The molecule has 0 bridgehead atoms. The third kappa shape index (κ3) is 5.62. The Labute approximate surface area is 187 Å². The summed E-state index contributed by atoms with van der Waals surface area (Å²) in [6.07, 6.45) is 0. The Balaban J connectivity index is 1.68. The van der Waals surface area contributed by atoms with Gasteiger partial charge in [0.25, 0.3) is 5.91 Å². The molecule has 8 heteroatoms. The first kappa shape index (κ1) is 23.7. The molecule has 172 valence electrons. The van der Waals surface area contributed by atoms with E-state index < -0.39 is 35.1 Å². The fraction of sp³-hybridized carbons (Fsp3) is 0.417. The lowest BCUT2D eigenvalue weighted by Crippen LogP contribution is -2.50. The van der Waals surface area contributed by atoms with Crippen molar-refractivity contribution < 1.29 is 18.4 Å². The number of hydrogen-bond acceptors (Lipinski definition) is 4. The Morgan fingerprint density at radius 1 is 0.969 bits per heavy atom. The predicted molar refractivity (Wildman–Crippen MR) is 120 cm³/mol. The minimum atomic E-state index is -0.966. The van der Waals surface area contributed by atoms with Crippen molar-refractivity contribution in [1.82, 2.24) is 15.5 Å². The van der Waals surface area contributed by atoms with Crippen LogP contribution in [0.15, 0.2) is 42.5 Å². The summed E-state index contributed by atoms with van der Waals surface area (Å²) in [5.41, 5.74) is 1.35. The maximum absolute atomic E-state index is 14.0. The van der Waals surface area contributed by atoms with Crippen LogP contribution in [-0.2, 0) is 11.3 Å². The van der Waals surface area contributed by atoms with Gasteiger partial charge in [0, 0.05) is 38.4 Å². The van der Waals surface area contributed by atoms with E-state index in [0.717, 1.165) is 49.6 Å². The standard InChI is InChI=1S/C24H30F2N4O2/c1-16(2)22(28-23(31)21-18(25)8-6-9-19(21)26)24(32)27-15-17-7-4-5-10-20(17)30-13-11-29(3)12-14-30/h4-10,16,22H,11-15H2,1-3H3,(H,27,32)(H,28,31). The summed E-state index contributed by atoms with van der Waals surface area (Å²) >= 11 is 0. The normalized spacial score (nSPS) is 15.5. The van der Waals surface area contributed by atoms with Crippen molar-refractivity contribution in [2.24, 2.45) is 5.92 Å². The lowest BCUT2D eigenvalue weighted by atomic mass is 10.0. The molecule has 0 aliphatic carbocycles. The summed E-state index contributed by atoms with van der Waals surface area (Å²) in [6.45, 7) is 7.56. The third-order valence-corrected chi connectivity index (χ3v) is 5.71. The lowest BCUT2D eigenvalue weighted by Gasteiger charge is -2.35. The van der Waals surface area contributed by atoms with Gasteiger partial charge in [0.2, 0.25) is 5.91 Å². The summed E-state index contributed by atoms with van der Waals surface area (Å²) in [6, 6.07) is 10.2. The third-order valence-electron chi connectivity index (χ3n) is 5.71. The Bertz CT molecular complexity index is 939. The van der Waals surface area contributed by atoms with Crippen molar-refractivity contribution >= 4 is 17.5 Å². The molecule has 1 aliphatic heterocycles. The van der Waals surface area contributed by atoms with Gasteiger partial charge in [0.15, 0.2) is 0 Å². The number of para-hydroxylation sites is 1. The van der Waals surface area contributed by atoms with Crippen LogP contribution < -0.4 is 15.5 Å². The number of benzene rings is 2. The lowest BCUT2D eigenvalue weighted by molar-refractivity contribution is -0.124. The van der Waals surface area contributed by atoms with Crippen LogP contribution in [0.25, 0.3) is 0 Å². The van der Waals surface area contributed by atoms with Crippen LogP contribution in [0.3, 0.4) is 0 Å². The van der Waals surface area contributed by atoms with Crippen LogP contribution >= 0.6 is 0 Å². The molecule has 1 fully saturated rings. The van der Waals surface area contributed by atoms with E-state index in [1.165, 1.54) is 6.07 Å². The molecule has 1 aliphatic rings. The van der Waals surface area contributed by atoms with E-state index in [4.69, 9.17) is 0 Å². The van der Waals surface area contributed by atoms with Crippen molar-refractivity contribution in [3.63, 3.8) is 0 Å². The van der Waals surface area contributed by atoms with Gasteiger partial charge in [-0.25, -0.2) is 8.78 Å². The molecule has 2 N–H and O–H groups in total. The van der Waals surface area contributed by atoms with Crippen LogP contribution in [0.2, 0.25) is 0 Å². The molecule has 2 aromatic rings. The van der Waals surface area contributed by atoms with E-state index in [0.29, 0.717) is 0 Å². The zero-order valence-electron chi connectivity index (χ0n) is 18.7. The van der Waals surface area contributed by atoms with E-state index in [1.54, 1.807) is 13.8 Å². The van der Waals surface area contributed by atoms with Gasteiger partial charge in [-0.3, -0.25) is 9.59 Å². The number of nitrogens with one attached hydrogen (secondary N) is 2. The maximum Gasteiger partial charge on any atom is 0.257 e. The van der Waals surface area contributed by atoms with Crippen LogP contribution in [-0.4, -0.2) is 56.0 Å². The molecule has 2 aromatic carbocycles. The van der Waals surface area contributed by atoms with Crippen molar-refractivity contribution in [3.05, 3.63) is 65.2 Å². The molecule has 6 nitrogen and oxygen atoms in total. The number of hydrogen-bond donors (Lipinski definition) is 2. The van der Waals surface area contributed by atoms with E-state index in [-0.39, 0.29) is 12.5 Å². The van der Waals surface area contributed by atoms with Gasteiger partial charge in [0.1, 0.15) is 23.2 Å². The predicted octanol–water partition coefficient (Wildman–Crippen LogP) is 2.79. The smallest absolute Gasteiger partial charge is 0.257 e. The van der Waals surface area contributed by atoms with Crippen molar-refractivity contribution in [2.75, 3.05) is 38.1 Å². The van der Waals surface area contributed by atoms with Gasteiger partial charge in [0.05, 0.1) is 0 Å². The van der Waals surface area contributed by atoms with Crippen molar-refractivity contribution in [1.29, 1.82) is 0 Å². The summed E-state index contributed by atoms with van der Waals surface area (Å²) in [7, 11) is 2.09. The van der Waals surface area contributed by atoms with E-state index >= 15 is 0 Å². The number of piperazine rings is 1. The number of amides is 2. The van der Waals surface area contributed by atoms with Gasteiger partial charge in [-0.1, -0.05) is 38.1 Å². The highest BCUT2D eigenvalue weighted by Crippen LogP contribution is 2.22. The SMILES string of the molecule is CC(C)C(NC(=O)c1c(F)cccc1F)C(=O)NCc1ccccc1N1CCN(C)CC1. The first-order chi connectivity index (χ1) is 15.3. The first-order valence-corrected chi connectivity index (χ1v) is 10.8. The number of rotatable bonds is 7. The molecule has 1 unspecified atom stereocenters. The van der Waals surface area contributed by atoms with Gasteiger partial charge in [-0.05, 0) is 36.7 Å². The second-order valence-electron chi connectivity index (χ2n) is 8.43. The highest BCUT2D eigenvalue weighted by atomic mass is 19.1. The average molecular weight is 445 g/mol. The molecule has 0 aromatic heterocycles.